The average Bonchev–Trinajstić information content (AvgIpc) is 3.43. The summed E-state index contributed by atoms with van der Waals surface area (Å²) in [5.41, 5.74) is 2.37. The number of non-ortho nitro benzene ring substituents is 1. The molecular weight excluding hydrogens is 574 g/mol. The number of fused-ring (bicyclic) bond motifs is 1. The zero-order valence-electron chi connectivity index (χ0n) is 22.6. The molecule has 218 valence electrons. The molecule has 41 heavy (non-hydrogen) atoms. The first kappa shape index (κ1) is 30.0. The van der Waals surface area contributed by atoms with Crippen LogP contribution in [-0.4, -0.2) is 66.8 Å². The molecule has 5 rings (SSSR count). The van der Waals surface area contributed by atoms with Crippen molar-refractivity contribution in [2.45, 2.75) is 61.4 Å². The van der Waals surface area contributed by atoms with Gasteiger partial charge in [-0.1, -0.05) is 17.7 Å². The van der Waals surface area contributed by atoms with Crippen molar-refractivity contribution in [3.8, 4) is 0 Å². The minimum Gasteiger partial charge on any atom is -0.459 e. The van der Waals surface area contributed by atoms with E-state index in [4.69, 9.17) is 9.29 Å². The van der Waals surface area contributed by atoms with E-state index in [0.717, 1.165) is 11.3 Å². The highest BCUT2D eigenvalue weighted by molar-refractivity contribution is 8.01. The summed E-state index contributed by atoms with van der Waals surface area (Å²) >= 11 is 1.54. The Morgan fingerprint density at radius 3 is 2.37 bits per heavy atom. The van der Waals surface area contributed by atoms with Crippen LogP contribution in [0.1, 0.15) is 30.7 Å². The van der Waals surface area contributed by atoms with Crippen molar-refractivity contribution in [2.24, 2.45) is 0 Å². The summed E-state index contributed by atoms with van der Waals surface area (Å²) in [6.07, 6.45) is 1.74. The van der Waals surface area contributed by atoms with Gasteiger partial charge in [-0.2, -0.15) is 8.42 Å². The number of rotatable bonds is 7. The lowest BCUT2D eigenvalue weighted by Gasteiger charge is -2.43. The number of aromatic nitrogens is 2. The predicted octanol–water partition coefficient (Wildman–Crippen LogP) is 3.45. The summed E-state index contributed by atoms with van der Waals surface area (Å²) in [6.45, 7) is 7.49. The minimum absolute atomic E-state index is 0.0197. The molecule has 15 heteroatoms. The molecule has 0 radical (unpaired) electrons. The number of ether oxygens (including phenoxy) is 1. The molecule has 2 aromatic carbocycles. The number of nitrogens with zero attached hydrogens (tertiary/aromatic N) is 3. The maximum absolute atomic E-state index is 12.8. The summed E-state index contributed by atoms with van der Waals surface area (Å²) in [7, 11) is -4.02. The largest absolute Gasteiger partial charge is 0.459 e. The number of nitro groups is 1. The van der Waals surface area contributed by atoms with Crippen molar-refractivity contribution in [1.82, 2.24) is 14.9 Å². The van der Waals surface area contributed by atoms with Crippen molar-refractivity contribution in [3.63, 3.8) is 0 Å². The molecule has 0 bridgehead atoms. The number of hydrogen-bond acceptors (Lipinski definition) is 10. The third kappa shape index (κ3) is 6.69. The molecule has 13 nitrogen and oxygen atoms in total. The summed E-state index contributed by atoms with van der Waals surface area (Å²) < 4.78 is 34.5. The van der Waals surface area contributed by atoms with E-state index in [1.165, 1.54) is 24.3 Å². The highest BCUT2D eigenvalue weighted by Crippen LogP contribution is 2.51. The first-order valence-corrected chi connectivity index (χ1v) is 14.7. The molecule has 3 aromatic rings. The Morgan fingerprint density at radius 1 is 1.20 bits per heavy atom. The predicted molar refractivity (Wildman–Crippen MR) is 151 cm³/mol. The first-order chi connectivity index (χ1) is 19.2. The Bertz CT molecular complexity index is 1560. The number of benzene rings is 2. The molecule has 3 atom stereocenters. The highest BCUT2D eigenvalue weighted by Gasteiger charge is 2.64. The van der Waals surface area contributed by atoms with Gasteiger partial charge in [0.15, 0.2) is 0 Å². The van der Waals surface area contributed by atoms with E-state index in [-0.39, 0.29) is 28.5 Å². The van der Waals surface area contributed by atoms with Gasteiger partial charge in [-0.3, -0.25) is 19.5 Å². The normalized spacial score (nSPS) is 20.8. The summed E-state index contributed by atoms with van der Waals surface area (Å²) in [5, 5.41) is 13.6. The number of β-lactam (4-membered cyclic amide) rings is 1. The number of imidazole rings is 1. The van der Waals surface area contributed by atoms with Crippen molar-refractivity contribution in [2.75, 3.05) is 5.32 Å². The molecule has 3 heterocycles. The Hall–Kier alpha value is -3.95. The van der Waals surface area contributed by atoms with Gasteiger partial charge >= 0.3 is 5.97 Å². The maximum atomic E-state index is 12.8. The summed E-state index contributed by atoms with van der Waals surface area (Å²) in [6, 6.07) is 10.6. The van der Waals surface area contributed by atoms with Gasteiger partial charge in [-0.05, 0) is 57.5 Å². The van der Waals surface area contributed by atoms with Crippen LogP contribution in [0.2, 0.25) is 0 Å². The summed E-state index contributed by atoms with van der Waals surface area (Å²) in [4.78, 5) is 44.6. The third-order valence-corrected chi connectivity index (χ3v) is 8.95. The standard InChI is InChI=1S/C19H21N5O5S.C7H8O3S/c1-10-8-20-18(21-10)22-13-15(25)23-14(19(2,3)30-16(13)23)17(26)29-9-11-4-6-12(7-5-11)24(27)28;1-6-2-4-7(5-3-6)11(8,9)10/h4-8,13-14,16H,9H2,1-3H3,(H2,20,21,22);2-5H,1H3,(H,8,9,10)/t13?,14?,16-;/m0./s1. The Labute approximate surface area is 240 Å². The van der Waals surface area contributed by atoms with Crippen LogP contribution in [0.3, 0.4) is 0 Å². The number of aromatic amines is 1. The number of nitro benzene ring substituents is 1. The highest BCUT2D eigenvalue weighted by atomic mass is 32.2. The maximum Gasteiger partial charge on any atom is 0.330 e. The lowest BCUT2D eigenvalue weighted by molar-refractivity contribution is -0.384. The number of aryl methyl sites for hydroxylation is 2. The Kier molecular flexibility index (Phi) is 8.42. The topological polar surface area (TPSA) is 185 Å². The second-order valence-electron chi connectivity index (χ2n) is 10.1. The van der Waals surface area contributed by atoms with Crippen molar-refractivity contribution < 1.29 is 32.2 Å². The third-order valence-electron chi connectivity index (χ3n) is 6.51. The molecular formula is C26H29N5O8S2. The number of nitrogens with one attached hydrogen (secondary N) is 2. The van der Waals surface area contributed by atoms with Crippen LogP contribution in [0.25, 0.3) is 0 Å². The van der Waals surface area contributed by atoms with E-state index in [1.54, 1.807) is 47.1 Å². The van der Waals surface area contributed by atoms with E-state index in [0.29, 0.717) is 11.5 Å². The van der Waals surface area contributed by atoms with E-state index in [2.05, 4.69) is 15.3 Å². The number of thioether (sulfide) groups is 1. The van der Waals surface area contributed by atoms with E-state index in [9.17, 15) is 28.1 Å². The van der Waals surface area contributed by atoms with Gasteiger partial charge in [0.1, 0.15) is 24.1 Å². The van der Waals surface area contributed by atoms with Gasteiger partial charge in [-0.25, -0.2) is 9.78 Å². The van der Waals surface area contributed by atoms with Crippen LogP contribution in [-0.2, 0) is 31.1 Å². The molecule has 2 fully saturated rings. The number of H-pyrrole nitrogens is 1. The fourth-order valence-corrected chi connectivity index (χ4v) is 6.52. The number of hydrogen-bond donors (Lipinski definition) is 3. The number of carbonyl (C=O) groups is 2. The second kappa shape index (κ2) is 11.5. The lowest BCUT2D eigenvalue weighted by atomic mass is 9.96. The van der Waals surface area contributed by atoms with Crippen LogP contribution in [0.5, 0.6) is 0 Å². The van der Waals surface area contributed by atoms with Gasteiger partial charge in [0.2, 0.25) is 11.9 Å². The van der Waals surface area contributed by atoms with Crippen molar-refractivity contribution >= 4 is 45.4 Å². The Morgan fingerprint density at radius 2 is 1.83 bits per heavy atom. The van der Waals surface area contributed by atoms with Crippen LogP contribution >= 0.6 is 11.8 Å². The molecule has 2 saturated heterocycles. The quantitative estimate of drug-likeness (QED) is 0.118. The zero-order valence-corrected chi connectivity index (χ0v) is 24.2. The molecule has 0 aliphatic carbocycles. The SMILES string of the molecule is Cc1c[nH]c(NC2C(=O)N3C(C(=O)OCc4ccc([N+](=O)[O-])cc4)C(C)(C)S[C@@H]23)n1.Cc1ccc(S(=O)(=O)O)cc1. The second-order valence-corrected chi connectivity index (χ2v) is 13.3. The van der Waals surface area contributed by atoms with Gasteiger partial charge in [0, 0.05) is 23.1 Å². The van der Waals surface area contributed by atoms with Gasteiger partial charge < -0.3 is 19.9 Å². The molecule has 3 N–H and O–H groups in total. The molecule has 2 unspecified atom stereocenters. The fraction of sp³-hybridized carbons (Fsp3) is 0.346. The molecule has 0 spiro atoms. The van der Waals surface area contributed by atoms with Crippen LogP contribution < -0.4 is 5.32 Å². The van der Waals surface area contributed by atoms with Crippen LogP contribution in [0.4, 0.5) is 11.6 Å². The zero-order chi connectivity index (χ0) is 30.1. The van der Waals surface area contributed by atoms with Crippen LogP contribution in [0.15, 0.2) is 59.6 Å². The van der Waals surface area contributed by atoms with E-state index < -0.39 is 37.8 Å². The van der Waals surface area contributed by atoms with Crippen LogP contribution in [0, 0.1) is 24.0 Å². The van der Waals surface area contributed by atoms with Crippen molar-refractivity contribution in [1.29, 1.82) is 0 Å². The molecule has 2 aliphatic rings. The summed E-state index contributed by atoms with van der Waals surface area (Å²) in [5.74, 6) is -0.147. The monoisotopic (exact) mass is 603 g/mol. The number of esters is 1. The lowest BCUT2D eigenvalue weighted by Crippen LogP contribution is -2.68. The molecule has 0 saturated carbocycles. The van der Waals surface area contributed by atoms with E-state index >= 15 is 0 Å². The van der Waals surface area contributed by atoms with Gasteiger partial charge in [-0.15, -0.1) is 11.8 Å². The smallest absolute Gasteiger partial charge is 0.330 e. The van der Waals surface area contributed by atoms with Crippen molar-refractivity contribution in [3.05, 3.63) is 81.7 Å². The van der Waals surface area contributed by atoms with Gasteiger partial charge in [0.25, 0.3) is 15.8 Å². The molecule has 1 aromatic heterocycles. The minimum atomic E-state index is -4.02. The number of anilines is 1. The number of amides is 1. The first-order valence-electron chi connectivity index (χ1n) is 12.4. The Balaban J connectivity index is 0.000000296. The van der Waals surface area contributed by atoms with E-state index in [1.807, 2.05) is 27.7 Å². The number of carbonyl (C=O) groups excluding carboxylic acids is 2. The average molecular weight is 604 g/mol. The molecule has 1 amide bonds. The van der Waals surface area contributed by atoms with Gasteiger partial charge in [0.05, 0.1) is 15.5 Å². The molecule has 2 aliphatic heterocycles. The fourth-order valence-electron chi connectivity index (χ4n) is 4.42.